The first-order valence-electron chi connectivity index (χ1n) is 5.60. The van der Waals surface area contributed by atoms with Crippen molar-refractivity contribution in [3.8, 4) is 5.69 Å². The standard InChI is InChI=1S/C12H14ClFN4/c1-7(15-3)11-8(2)18(17-16-11)12-9(13)5-4-6-10(12)14/h4-7,15H,1-3H3. The van der Waals surface area contributed by atoms with Crippen LogP contribution in [-0.4, -0.2) is 22.0 Å². The molecule has 0 amide bonds. The largest absolute Gasteiger partial charge is 0.312 e. The third-order valence-corrected chi connectivity index (χ3v) is 3.23. The van der Waals surface area contributed by atoms with Crippen LogP contribution in [-0.2, 0) is 0 Å². The second-order valence-corrected chi connectivity index (χ2v) is 4.46. The van der Waals surface area contributed by atoms with Crippen molar-refractivity contribution in [2.45, 2.75) is 19.9 Å². The molecule has 1 aromatic heterocycles. The van der Waals surface area contributed by atoms with Gasteiger partial charge in [0.2, 0.25) is 0 Å². The first kappa shape index (κ1) is 13.0. The molecule has 0 fully saturated rings. The zero-order valence-electron chi connectivity index (χ0n) is 10.4. The molecule has 0 spiro atoms. The molecule has 1 aromatic carbocycles. The molecule has 0 saturated heterocycles. The Balaban J connectivity index is 2.56. The van der Waals surface area contributed by atoms with Crippen molar-refractivity contribution in [1.29, 1.82) is 0 Å². The monoisotopic (exact) mass is 268 g/mol. The smallest absolute Gasteiger partial charge is 0.150 e. The summed E-state index contributed by atoms with van der Waals surface area (Å²) in [7, 11) is 1.83. The molecule has 0 saturated carbocycles. The maximum absolute atomic E-state index is 13.8. The highest BCUT2D eigenvalue weighted by Gasteiger charge is 2.18. The van der Waals surface area contributed by atoms with Crippen LogP contribution in [0.25, 0.3) is 5.69 Å². The highest BCUT2D eigenvalue weighted by Crippen LogP contribution is 2.25. The summed E-state index contributed by atoms with van der Waals surface area (Å²) in [6, 6.07) is 4.58. The molecule has 4 nitrogen and oxygen atoms in total. The predicted molar refractivity (Wildman–Crippen MR) is 68.5 cm³/mol. The van der Waals surface area contributed by atoms with E-state index in [-0.39, 0.29) is 11.7 Å². The number of rotatable bonds is 3. The summed E-state index contributed by atoms with van der Waals surface area (Å²) in [5.41, 5.74) is 1.78. The van der Waals surface area contributed by atoms with Gasteiger partial charge in [-0.15, -0.1) is 5.10 Å². The van der Waals surface area contributed by atoms with Crippen molar-refractivity contribution in [2.75, 3.05) is 7.05 Å². The van der Waals surface area contributed by atoms with Crippen molar-refractivity contribution in [3.63, 3.8) is 0 Å². The third-order valence-electron chi connectivity index (χ3n) is 2.92. The fourth-order valence-electron chi connectivity index (χ4n) is 1.78. The Morgan fingerprint density at radius 3 is 2.78 bits per heavy atom. The van der Waals surface area contributed by atoms with Gasteiger partial charge in [0.25, 0.3) is 0 Å². The molecular weight excluding hydrogens is 255 g/mol. The molecule has 2 aromatic rings. The molecule has 2 rings (SSSR count). The number of aromatic nitrogens is 3. The maximum atomic E-state index is 13.8. The van der Waals surface area contributed by atoms with E-state index in [1.54, 1.807) is 12.1 Å². The number of halogens is 2. The van der Waals surface area contributed by atoms with Gasteiger partial charge in [-0.2, -0.15) is 0 Å². The van der Waals surface area contributed by atoms with Crippen LogP contribution < -0.4 is 5.32 Å². The van der Waals surface area contributed by atoms with Gasteiger partial charge in [0, 0.05) is 0 Å². The lowest BCUT2D eigenvalue weighted by Gasteiger charge is -2.09. The van der Waals surface area contributed by atoms with Crippen molar-refractivity contribution >= 4 is 11.6 Å². The van der Waals surface area contributed by atoms with Crippen LogP contribution in [0.15, 0.2) is 18.2 Å². The molecular formula is C12H14ClFN4. The minimum atomic E-state index is -0.417. The average molecular weight is 269 g/mol. The molecule has 0 aliphatic heterocycles. The van der Waals surface area contributed by atoms with Gasteiger partial charge in [0.15, 0.2) is 0 Å². The lowest BCUT2D eigenvalue weighted by molar-refractivity contribution is 0.605. The van der Waals surface area contributed by atoms with Gasteiger partial charge in [0.1, 0.15) is 17.2 Å². The average Bonchev–Trinajstić information content (AvgIpc) is 2.71. The molecule has 1 atom stereocenters. The fourth-order valence-corrected chi connectivity index (χ4v) is 2.02. The van der Waals surface area contributed by atoms with Crippen LogP contribution >= 0.6 is 11.6 Å². The molecule has 1 N–H and O–H groups in total. The maximum Gasteiger partial charge on any atom is 0.150 e. The van der Waals surface area contributed by atoms with Crippen molar-refractivity contribution < 1.29 is 4.39 Å². The Labute approximate surface area is 110 Å². The predicted octanol–water partition coefficient (Wildman–Crippen LogP) is 2.65. The molecule has 0 aliphatic rings. The third kappa shape index (κ3) is 2.11. The summed E-state index contributed by atoms with van der Waals surface area (Å²) in [5, 5.41) is 11.4. The lowest BCUT2D eigenvalue weighted by Crippen LogP contribution is -2.14. The van der Waals surface area contributed by atoms with Gasteiger partial charge in [0.05, 0.1) is 16.8 Å². The van der Waals surface area contributed by atoms with E-state index in [0.717, 1.165) is 11.4 Å². The van der Waals surface area contributed by atoms with E-state index in [4.69, 9.17) is 11.6 Å². The van der Waals surface area contributed by atoms with E-state index in [9.17, 15) is 4.39 Å². The molecule has 6 heteroatoms. The first-order valence-corrected chi connectivity index (χ1v) is 5.98. The van der Waals surface area contributed by atoms with E-state index in [1.165, 1.54) is 10.7 Å². The normalized spacial score (nSPS) is 12.7. The topological polar surface area (TPSA) is 42.7 Å². The summed E-state index contributed by atoms with van der Waals surface area (Å²) in [5.74, 6) is -0.417. The molecule has 0 radical (unpaired) electrons. The number of hydrogen-bond acceptors (Lipinski definition) is 3. The SMILES string of the molecule is CNC(C)c1nnn(-c2c(F)cccc2Cl)c1C. The number of para-hydroxylation sites is 1. The zero-order chi connectivity index (χ0) is 13.3. The molecule has 0 bridgehead atoms. The highest BCUT2D eigenvalue weighted by molar-refractivity contribution is 6.32. The lowest BCUT2D eigenvalue weighted by atomic mass is 10.2. The van der Waals surface area contributed by atoms with Crippen LogP contribution in [0.3, 0.4) is 0 Å². The Morgan fingerprint density at radius 1 is 1.44 bits per heavy atom. The van der Waals surface area contributed by atoms with Crippen LogP contribution in [0, 0.1) is 12.7 Å². The first-order chi connectivity index (χ1) is 8.56. The van der Waals surface area contributed by atoms with Gasteiger partial charge in [-0.3, -0.25) is 0 Å². The van der Waals surface area contributed by atoms with E-state index < -0.39 is 5.82 Å². The summed E-state index contributed by atoms with van der Waals surface area (Å²) in [4.78, 5) is 0. The Kier molecular flexibility index (Phi) is 3.63. The Morgan fingerprint density at radius 2 is 2.17 bits per heavy atom. The number of nitrogens with zero attached hydrogens (tertiary/aromatic N) is 3. The molecule has 96 valence electrons. The Bertz CT molecular complexity index is 547. The van der Waals surface area contributed by atoms with E-state index >= 15 is 0 Å². The van der Waals surface area contributed by atoms with Crippen molar-refractivity contribution in [3.05, 3.63) is 40.4 Å². The highest BCUT2D eigenvalue weighted by atomic mass is 35.5. The number of hydrogen-bond donors (Lipinski definition) is 1. The summed E-state index contributed by atoms with van der Waals surface area (Å²) in [6.45, 7) is 3.80. The summed E-state index contributed by atoms with van der Waals surface area (Å²) >= 11 is 6.01. The fraction of sp³-hybridized carbons (Fsp3) is 0.333. The minimum absolute atomic E-state index is 0.0456. The van der Waals surface area contributed by atoms with Gasteiger partial charge < -0.3 is 5.32 Å². The number of benzene rings is 1. The van der Waals surface area contributed by atoms with Gasteiger partial charge in [-0.25, -0.2) is 9.07 Å². The molecule has 0 aliphatic carbocycles. The van der Waals surface area contributed by atoms with Crippen LogP contribution in [0.5, 0.6) is 0 Å². The zero-order valence-corrected chi connectivity index (χ0v) is 11.2. The number of nitrogens with one attached hydrogen (secondary N) is 1. The van der Waals surface area contributed by atoms with E-state index in [0.29, 0.717) is 5.02 Å². The van der Waals surface area contributed by atoms with Crippen LogP contribution in [0.4, 0.5) is 4.39 Å². The molecule has 1 unspecified atom stereocenters. The van der Waals surface area contributed by atoms with Crippen LogP contribution in [0.1, 0.15) is 24.4 Å². The van der Waals surface area contributed by atoms with Gasteiger partial charge in [-0.05, 0) is 33.0 Å². The van der Waals surface area contributed by atoms with E-state index in [2.05, 4.69) is 15.6 Å². The minimum Gasteiger partial charge on any atom is -0.312 e. The summed E-state index contributed by atoms with van der Waals surface area (Å²) < 4.78 is 15.3. The van der Waals surface area contributed by atoms with Crippen molar-refractivity contribution in [2.24, 2.45) is 0 Å². The second-order valence-electron chi connectivity index (χ2n) is 4.05. The van der Waals surface area contributed by atoms with Gasteiger partial charge in [-0.1, -0.05) is 22.9 Å². The van der Waals surface area contributed by atoms with Crippen molar-refractivity contribution in [1.82, 2.24) is 20.3 Å². The Hall–Kier alpha value is -1.46. The van der Waals surface area contributed by atoms with E-state index in [1.807, 2.05) is 20.9 Å². The van der Waals surface area contributed by atoms with Gasteiger partial charge >= 0.3 is 0 Å². The second kappa shape index (κ2) is 5.04. The van der Waals surface area contributed by atoms with Crippen LogP contribution in [0.2, 0.25) is 5.02 Å². The molecule has 1 heterocycles. The molecule has 18 heavy (non-hydrogen) atoms. The quantitative estimate of drug-likeness (QED) is 0.931. The summed E-state index contributed by atoms with van der Waals surface area (Å²) in [6.07, 6.45) is 0.